The smallest absolute Gasteiger partial charge is 0.414 e. The summed E-state index contributed by atoms with van der Waals surface area (Å²) in [6.07, 6.45) is -4.48. The minimum Gasteiger partial charge on any atom is -0.456 e. The Morgan fingerprint density at radius 1 is 1.53 bits per heavy atom. The van der Waals surface area contributed by atoms with Crippen molar-refractivity contribution in [3.8, 4) is 0 Å². The molecule has 0 saturated carbocycles. The van der Waals surface area contributed by atoms with Crippen LogP contribution in [0.25, 0.3) is 0 Å². The summed E-state index contributed by atoms with van der Waals surface area (Å²) < 4.78 is 39.7. The Labute approximate surface area is 83.0 Å². The molecule has 0 aliphatic carbocycles. The first-order chi connectivity index (χ1) is 6.88. The average molecular weight is 223 g/mol. The van der Waals surface area contributed by atoms with Crippen LogP contribution in [0.1, 0.15) is 16.3 Å². The zero-order chi connectivity index (χ0) is 11.5. The van der Waals surface area contributed by atoms with Crippen molar-refractivity contribution in [1.29, 1.82) is 0 Å². The summed E-state index contributed by atoms with van der Waals surface area (Å²) in [6.45, 7) is 0.0613. The average Bonchev–Trinajstić information content (AvgIpc) is 2.49. The van der Waals surface area contributed by atoms with Gasteiger partial charge in [-0.2, -0.15) is 13.2 Å². The Morgan fingerprint density at radius 3 is 2.67 bits per heavy atom. The summed E-state index contributed by atoms with van der Waals surface area (Å²) in [7, 11) is 0. The van der Waals surface area contributed by atoms with Crippen molar-refractivity contribution in [2.45, 2.75) is 13.1 Å². The van der Waals surface area contributed by atoms with Gasteiger partial charge in [0.2, 0.25) is 0 Å². The maximum Gasteiger partial charge on any atom is 0.414 e. The lowest BCUT2D eigenvalue weighted by Crippen LogP contribution is -2.29. The van der Waals surface area contributed by atoms with E-state index in [2.05, 4.69) is 4.84 Å². The van der Waals surface area contributed by atoms with Gasteiger partial charge < -0.3 is 4.42 Å². The summed E-state index contributed by atoms with van der Waals surface area (Å²) in [5.74, 6) is -0.474. The molecule has 1 amide bonds. The van der Waals surface area contributed by atoms with Gasteiger partial charge in [0.05, 0.1) is 0 Å². The largest absolute Gasteiger partial charge is 0.456 e. The van der Waals surface area contributed by atoms with Gasteiger partial charge in [-0.1, -0.05) is 0 Å². The number of furan rings is 1. The van der Waals surface area contributed by atoms with Crippen LogP contribution < -0.4 is 5.48 Å². The highest BCUT2D eigenvalue weighted by molar-refractivity contribution is 5.90. The zero-order valence-electron chi connectivity index (χ0n) is 7.72. The Balaban J connectivity index is 2.37. The molecule has 0 spiro atoms. The van der Waals surface area contributed by atoms with Crippen molar-refractivity contribution >= 4 is 5.91 Å². The molecule has 1 heterocycles. The summed E-state index contributed by atoms with van der Waals surface area (Å²) in [5, 5.41) is 0. The van der Waals surface area contributed by atoms with E-state index >= 15 is 0 Å². The molecule has 0 bridgehead atoms. The lowest BCUT2D eigenvalue weighted by molar-refractivity contribution is -0.184. The summed E-state index contributed by atoms with van der Waals surface area (Å²) in [6, 6.07) is 2.85. The van der Waals surface area contributed by atoms with Crippen molar-refractivity contribution < 1.29 is 27.2 Å². The van der Waals surface area contributed by atoms with Crippen LogP contribution in [0.2, 0.25) is 0 Å². The predicted molar refractivity (Wildman–Crippen MR) is 42.9 cm³/mol. The molecule has 7 heteroatoms. The van der Waals surface area contributed by atoms with E-state index in [0.29, 0.717) is 5.76 Å². The highest BCUT2D eigenvalue weighted by atomic mass is 19.4. The van der Waals surface area contributed by atoms with Crippen molar-refractivity contribution in [3.63, 3.8) is 0 Å². The van der Waals surface area contributed by atoms with Crippen LogP contribution in [0.3, 0.4) is 0 Å². The van der Waals surface area contributed by atoms with Crippen LogP contribution in [-0.4, -0.2) is 18.7 Å². The molecule has 0 saturated heterocycles. The van der Waals surface area contributed by atoms with Gasteiger partial charge in [0.15, 0.2) is 12.4 Å². The maximum absolute atomic E-state index is 11.6. The van der Waals surface area contributed by atoms with Crippen LogP contribution in [0, 0.1) is 6.92 Å². The summed E-state index contributed by atoms with van der Waals surface area (Å²) >= 11 is 0. The normalized spacial score (nSPS) is 11.5. The number of hydrogen-bond donors (Lipinski definition) is 1. The quantitative estimate of drug-likeness (QED) is 0.795. The van der Waals surface area contributed by atoms with Crippen LogP contribution in [-0.2, 0) is 4.84 Å². The topological polar surface area (TPSA) is 51.5 Å². The number of hydroxylamine groups is 1. The van der Waals surface area contributed by atoms with Crippen molar-refractivity contribution in [3.05, 3.63) is 23.7 Å². The number of amides is 1. The minimum absolute atomic E-state index is 0.102. The van der Waals surface area contributed by atoms with Gasteiger partial charge in [0.25, 0.3) is 0 Å². The van der Waals surface area contributed by atoms with Crippen LogP contribution in [0.5, 0.6) is 0 Å². The van der Waals surface area contributed by atoms with Crippen LogP contribution >= 0.6 is 0 Å². The fourth-order valence-electron chi connectivity index (χ4n) is 0.790. The third-order valence-electron chi connectivity index (χ3n) is 1.36. The third-order valence-corrected chi connectivity index (χ3v) is 1.36. The van der Waals surface area contributed by atoms with Crippen LogP contribution in [0.15, 0.2) is 16.5 Å². The zero-order valence-corrected chi connectivity index (χ0v) is 7.72. The van der Waals surface area contributed by atoms with Gasteiger partial charge in [-0.3, -0.25) is 9.63 Å². The van der Waals surface area contributed by atoms with E-state index in [1.54, 1.807) is 12.4 Å². The molecule has 84 valence electrons. The number of alkyl halides is 3. The molecular formula is C8H8F3NO3. The maximum atomic E-state index is 11.6. The fourth-order valence-corrected chi connectivity index (χ4v) is 0.790. The van der Waals surface area contributed by atoms with E-state index in [0.717, 1.165) is 0 Å². The second kappa shape index (κ2) is 4.35. The molecule has 4 nitrogen and oxygen atoms in total. The molecule has 0 unspecified atom stereocenters. The molecule has 1 aromatic heterocycles. The molecule has 0 radical (unpaired) electrons. The van der Waals surface area contributed by atoms with Gasteiger partial charge in [0.1, 0.15) is 5.76 Å². The monoisotopic (exact) mass is 223 g/mol. The number of halogens is 3. The van der Waals surface area contributed by atoms with Gasteiger partial charge in [-0.25, -0.2) is 5.48 Å². The SMILES string of the molecule is Cc1ccc(C(=O)NOCC(F)(F)F)o1. The minimum atomic E-state index is -4.48. The molecule has 0 aliphatic heterocycles. The Kier molecular flexibility index (Phi) is 3.35. The first-order valence-electron chi connectivity index (χ1n) is 3.94. The summed E-state index contributed by atoms with van der Waals surface area (Å²) in [5.41, 5.74) is 1.62. The van der Waals surface area contributed by atoms with E-state index in [4.69, 9.17) is 4.42 Å². The second-order valence-electron chi connectivity index (χ2n) is 2.75. The molecule has 1 rings (SSSR count). The van der Waals surface area contributed by atoms with E-state index in [1.165, 1.54) is 12.1 Å². The Bertz CT molecular complexity index is 345. The van der Waals surface area contributed by atoms with E-state index in [9.17, 15) is 18.0 Å². The number of carbonyl (C=O) groups is 1. The van der Waals surface area contributed by atoms with Crippen LogP contribution in [0.4, 0.5) is 13.2 Å². The van der Waals surface area contributed by atoms with Gasteiger partial charge >= 0.3 is 12.1 Å². The molecule has 0 atom stereocenters. The van der Waals surface area contributed by atoms with Gasteiger partial charge in [-0.05, 0) is 19.1 Å². The summed E-state index contributed by atoms with van der Waals surface area (Å²) in [4.78, 5) is 15.0. The Hall–Kier alpha value is -1.50. The standard InChI is InChI=1S/C8H8F3NO3/c1-5-2-3-6(15-5)7(13)12-14-4-8(9,10)11/h2-3H,4H2,1H3,(H,12,13). The number of hydrogen-bond acceptors (Lipinski definition) is 3. The molecule has 0 aliphatic rings. The van der Waals surface area contributed by atoms with Gasteiger partial charge in [-0.15, -0.1) is 0 Å². The molecule has 0 aromatic carbocycles. The van der Waals surface area contributed by atoms with E-state index < -0.39 is 18.7 Å². The number of nitrogens with one attached hydrogen (secondary N) is 1. The Morgan fingerprint density at radius 2 is 2.20 bits per heavy atom. The van der Waals surface area contributed by atoms with Crippen molar-refractivity contribution in [1.82, 2.24) is 5.48 Å². The molecule has 1 aromatic rings. The van der Waals surface area contributed by atoms with Crippen molar-refractivity contribution in [2.75, 3.05) is 6.61 Å². The lowest BCUT2D eigenvalue weighted by atomic mass is 10.4. The fraction of sp³-hybridized carbons (Fsp3) is 0.375. The predicted octanol–water partition coefficient (Wildman–Crippen LogP) is 1.81. The second-order valence-corrected chi connectivity index (χ2v) is 2.75. The molecular weight excluding hydrogens is 215 g/mol. The highest BCUT2D eigenvalue weighted by Crippen LogP contribution is 2.13. The van der Waals surface area contributed by atoms with E-state index in [1.807, 2.05) is 0 Å². The molecule has 15 heavy (non-hydrogen) atoms. The number of aryl methyl sites for hydroxylation is 1. The highest BCUT2D eigenvalue weighted by Gasteiger charge is 2.28. The first-order valence-corrected chi connectivity index (χ1v) is 3.94. The number of rotatable bonds is 3. The lowest BCUT2D eigenvalue weighted by Gasteiger charge is -2.06. The molecule has 1 N–H and O–H groups in total. The number of carbonyl (C=O) groups excluding carboxylic acids is 1. The first kappa shape index (κ1) is 11.6. The van der Waals surface area contributed by atoms with Crippen molar-refractivity contribution in [2.24, 2.45) is 0 Å². The molecule has 0 fully saturated rings. The van der Waals surface area contributed by atoms with Gasteiger partial charge in [0, 0.05) is 0 Å². The van der Waals surface area contributed by atoms with E-state index in [-0.39, 0.29) is 5.76 Å². The third kappa shape index (κ3) is 4.03.